The maximum Gasteiger partial charge on any atom is 0.287 e. The van der Waals surface area contributed by atoms with Crippen LogP contribution in [0.25, 0.3) is 0 Å². The second-order valence-electron chi connectivity index (χ2n) is 4.24. The highest BCUT2D eigenvalue weighted by atomic mass is 16.3. The van der Waals surface area contributed by atoms with Gasteiger partial charge in [0.05, 0.1) is 25.3 Å². The van der Waals surface area contributed by atoms with Crippen molar-refractivity contribution in [2.75, 3.05) is 11.9 Å². The van der Waals surface area contributed by atoms with Crippen molar-refractivity contribution in [1.82, 2.24) is 5.32 Å². The van der Waals surface area contributed by atoms with E-state index in [1.165, 1.54) is 12.3 Å². The van der Waals surface area contributed by atoms with Crippen LogP contribution < -0.4 is 10.6 Å². The summed E-state index contributed by atoms with van der Waals surface area (Å²) in [5.74, 6) is -0.633. The number of nitrogens with one attached hydrogen (secondary N) is 2. The highest BCUT2D eigenvalue weighted by Crippen LogP contribution is 2.09. The van der Waals surface area contributed by atoms with E-state index in [0.29, 0.717) is 12.1 Å². The molecule has 0 aliphatic heterocycles. The van der Waals surface area contributed by atoms with Crippen LogP contribution in [0.3, 0.4) is 0 Å². The van der Waals surface area contributed by atoms with Gasteiger partial charge in [-0.05, 0) is 29.8 Å². The molecule has 106 valence electrons. The van der Waals surface area contributed by atoms with Crippen LogP contribution in [0.5, 0.6) is 0 Å². The molecular formula is C15H13N3O3. The van der Waals surface area contributed by atoms with Gasteiger partial charge in [0.25, 0.3) is 5.91 Å². The fourth-order valence-electron chi connectivity index (χ4n) is 1.66. The third kappa shape index (κ3) is 4.21. The lowest BCUT2D eigenvalue weighted by atomic mass is 10.1. The molecule has 0 radical (unpaired) electrons. The van der Waals surface area contributed by atoms with E-state index in [1.807, 2.05) is 6.07 Å². The number of nitrogens with zero attached hydrogens (tertiary/aromatic N) is 1. The quantitative estimate of drug-likeness (QED) is 0.873. The summed E-state index contributed by atoms with van der Waals surface area (Å²) in [6.07, 6.45) is 1.71. The van der Waals surface area contributed by atoms with Crippen molar-refractivity contribution >= 4 is 17.5 Å². The maximum absolute atomic E-state index is 11.7. The lowest BCUT2D eigenvalue weighted by molar-refractivity contribution is -0.115. The first-order valence-corrected chi connectivity index (χ1v) is 6.26. The van der Waals surface area contributed by atoms with Gasteiger partial charge in [-0.2, -0.15) is 5.26 Å². The van der Waals surface area contributed by atoms with E-state index in [9.17, 15) is 9.59 Å². The Bertz CT molecular complexity index is 654. The number of carbonyl (C=O) groups excluding carboxylic acids is 2. The molecule has 0 saturated heterocycles. The van der Waals surface area contributed by atoms with Crippen LogP contribution in [0.2, 0.25) is 0 Å². The molecule has 0 aliphatic rings. The van der Waals surface area contributed by atoms with Crippen LogP contribution in [-0.2, 0) is 11.2 Å². The summed E-state index contributed by atoms with van der Waals surface area (Å²) in [6.45, 7) is -0.153. The number of carbonyl (C=O) groups is 2. The largest absolute Gasteiger partial charge is 0.459 e. The fraction of sp³-hybridized carbons (Fsp3) is 0.133. The third-order valence-electron chi connectivity index (χ3n) is 2.68. The van der Waals surface area contributed by atoms with E-state index < -0.39 is 5.91 Å². The molecule has 0 aliphatic carbocycles. The second kappa shape index (κ2) is 6.91. The average Bonchev–Trinajstić information content (AvgIpc) is 3.01. The Morgan fingerprint density at radius 2 is 1.95 bits per heavy atom. The molecule has 2 N–H and O–H groups in total. The Kier molecular flexibility index (Phi) is 4.72. The first kappa shape index (κ1) is 14.3. The van der Waals surface area contributed by atoms with Gasteiger partial charge in [-0.3, -0.25) is 9.59 Å². The molecule has 6 nitrogen and oxygen atoms in total. The number of rotatable bonds is 5. The zero-order valence-electron chi connectivity index (χ0n) is 11.1. The molecule has 2 aromatic rings. The summed E-state index contributed by atoms with van der Waals surface area (Å²) in [5, 5.41) is 13.7. The molecule has 0 bridgehead atoms. The van der Waals surface area contributed by atoms with Crippen molar-refractivity contribution in [1.29, 1.82) is 5.26 Å². The zero-order chi connectivity index (χ0) is 15.1. The van der Waals surface area contributed by atoms with E-state index >= 15 is 0 Å². The number of amides is 2. The van der Waals surface area contributed by atoms with E-state index in [2.05, 4.69) is 10.6 Å². The summed E-state index contributed by atoms with van der Waals surface area (Å²) >= 11 is 0. The molecule has 2 rings (SSSR count). The Morgan fingerprint density at radius 3 is 2.57 bits per heavy atom. The van der Waals surface area contributed by atoms with Gasteiger partial charge in [0.2, 0.25) is 5.91 Å². The molecular weight excluding hydrogens is 270 g/mol. The van der Waals surface area contributed by atoms with E-state index in [0.717, 1.165) is 5.56 Å². The maximum atomic E-state index is 11.7. The molecule has 1 heterocycles. The van der Waals surface area contributed by atoms with Crippen molar-refractivity contribution in [3.8, 4) is 6.07 Å². The fourth-order valence-corrected chi connectivity index (χ4v) is 1.66. The van der Waals surface area contributed by atoms with Gasteiger partial charge >= 0.3 is 0 Å². The van der Waals surface area contributed by atoms with Crippen molar-refractivity contribution in [2.45, 2.75) is 6.42 Å². The highest BCUT2D eigenvalue weighted by Gasteiger charge is 2.10. The van der Waals surface area contributed by atoms with Gasteiger partial charge in [0, 0.05) is 5.69 Å². The zero-order valence-corrected chi connectivity index (χ0v) is 11.1. The minimum atomic E-state index is -0.445. The smallest absolute Gasteiger partial charge is 0.287 e. The van der Waals surface area contributed by atoms with Gasteiger partial charge in [0.15, 0.2) is 5.76 Å². The Hall–Kier alpha value is -3.07. The van der Waals surface area contributed by atoms with E-state index in [1.54, 1.807) is 30.3 Å². The van der Waals surface area contributed by atoms with Gasteiger partial charge in [-0.25, -0.2) is 0 Å². The number of nitriles is 1. The van der Waals surface area contributed by atoms with Gasteiger partial charge in [0.1, 0.15) is 0 Å². The lowest BCUT2D eigenvalue weighted by Crippen LogP contribution is -2.32. The number of hydrogen-bond donors (Lipinski definition) is 2. The number of anilines is 1. The van der Waals surface area contributed by atoms with Crippen LogP contribution in [0.15, 0.2) is 47.1 Å². The van der Waals surface area contributed by atoms with Crippen molar-refractivity contribution in [3.63, 3.8) is 0 Å². The van der Waals surface area contributed by atoms with Gasteiger partial charge < -0.3 is 15.1 Å². The minimum absolute atomic E-state index is 0.153. The number of benzene rings is 1. The summed E-state index contributed by atoms with van der Waals surface area (Å²) in [6, 6.07) is 12.1. The van der Waals surface area contributed by atoms with Crippen molar-refractivity contribution < 1.29 is 14.0 Å². The number of furan rings is 1. The van der Waals surface area contributed by atoms with Crippen molar-refractivity contribution in [2.24, 2.45) is 0 Å². The second-order valence-corrected chi connectivity index (χ2v) is 4.24. The molecule has 0 saturated carbocycles. The Morgan fingerprint density at radius 1 is 1.19 bits per heavy atom. The van der Waals surface area contributed by atoms with E-state index in [-0.39, 0.29) is 18.2 Å². The normalized spacial score (nSPS) is 9.67. The Labute approximate surface area is 121 Å². The van der Waals surface area contributed by atoms with Crippen LogP contribution in [0, 0.1) is 11.3 Å². The average molecular weight is 283 g/mol. The summed E-state index contributed by atoms with van der Waals surface area (Å²) in [7, 11) is 0. The topological polar surface area (TPSA) is 95.1 Å². The molecule has 1 aromatic heterocycles. The van der Waals surface area contributed by atoms with Crippen LogP contribution in [0.1, 0.15) is 16.1 Å². The Balaban J connectivity index is 1.82. The highest BCUT2D eigenvalue weighted by molar-refractivity contribution is 5.97. The number of hydrogen-bond acceptors (Lipinski definition) is 4. The van der Waals surface area contributed by atoms with Gasteiger partial charge in [-0.1, -0.05) is 12.1 Å². The monoisotopic (exact) mass is 283 g/mol. The molecule has 0 atom stereocenters. The molecule has 0 spiro atoms. The SMILES string of the molecule is N#CCc1ccc(NC(=O)CNC(=O)c2ccco2)cc1. The minimum Gasteiger partial charge on any atom is -0.459 e. The van der Waals surface area contributed by atoms with Gasteiger partial charge in [-0.15, -0.1) is 0 Å². The molecule has 6 heteroatoms. The van der Waals surface area contributed by atoms with Crippen LogP contribution in [-0.4, -0.2) is 18.4 Å². The lowest BCUT2D eigenvalue weighted by Gasteiger charge is -2.06. The summed E-state index contributed by atoms with van der Waals surface area (Å²) < 4.78 is 4.91. The molecule has 1 aromatic carbocycles. The molecule has 0 unspecified atom stereocenters. The first-order valence-electron chi connectivity index (χ1n) is 6.26. The molecule has 0 fully saturated rings. The molecule has 2 amide bonds. The standard InChI is InChI=1S/C15H13N3O3/c16-8-7-11-3-5-12(6-4-11)18-14(19)10-17-15(20)13-2-1-9-21-13/h1-6,9H,7,10H2,(H,17,20)(H,18,19). The van der Waals surface area contributed by atoms with Crippen LogP contribution >= 0.6 is 0 Å². The predicted octanol–water partition coefficient (Wildman–Crippen LogP) is 1.71. The third-order valence-corrected chi connectivity index (χ3v) is 2.68. The summed E-state index contributed by atoms with van der Waals surface area (Å²) in [5.41, 5.74) is 1.48. The van der Waals surface area contributed by atoms with E-state index in [4.69, 9.17) is 9.68 Å². The molecule has 21 heavy (non-hydrogen) atoms. The van der Waals surface area contributed by atoms with Crippen LogP contribution in [0.4, 0.5) is 5.69 Å². The van der Waals surface area contributed by atoms with Crippen molar-refractivity contribution in [3.05, 3.63) is 54.0 Å². The first-order chi connectivity index (χ1) is 10.2. The summed E-state index contributed by atoms with van der Waals surface area (Å²) in [4.78, 5) is 23.3. The predicted molar refractivity (Wildman–Crippen MR) is 75.4 cm³/mol.